The van der Waals surface area contributed by atoms with Crippen LogP contribution in [0, 0.1) is 6.92 Å². The van der Waals surface area contributed by atoms with E-state index in [9.17, 15) is 14.4 Å². The van der Waals surface area contributed by atoms with E-state index in [4.69, 9.17) is 9.47 Å². The van der Waals surface area contributed by atoms with Crippen molar-refractivity contribution in [3.63, 3.8) is 0 Å². The van der Waals surface area contributed by atoms with E-state index < -0.39 is 24.0 Å². The van der Waals surface area contributed by atoms with Crippen molar-refractivity contribution in [3.8, 4) is 0 Å². The maximum Gasteiger partial charge on any atom is 0.343 e. The second kappa shape index (κ2) is 9.05. The molecule has 3 rings (SSSR count). The summed E-state index contributed by atoms with van der Waals surface area (Å²) in [4.78, 5) is 38.1. The molecule has 11 heteroatoms. The van der Waals surface area contributed by atoms with Gasteiger partial charge in [-0.05, 0) is 36.8 Å². The molecule has 3 N–H and O–H groups in total. The molecule has 0 bridgehead atoms. The number of anilines is 1. The van der Waals surface area contributed by atoms with Crippen molar-refractivity contribution < 1.29 is 23.9 Å². The minimum Gasteiger partial charge on any atom is -0.463 e. The Kier molecular flexibility index (Phi) is 6.49. The predicted molar refractivity (Wildman–Crippen MR) is 109 cm³/mol. The monoisotopic (exact) mass is 436 g/mol. The number of carbonyl (C=O) groups is 3. The molecular weight excluding hydrogens is 416 g/mol. The number of rotatable bonds is 7. The maximum absolute atomic E-state index is 12.6. The second-order valence-electron chi connectivity index (χ2n) is 5.96. The van der Waals surface area contributed by atoms with E-state index in [1.165, 1.54) is 11.3 Å². The number of carbonyl (C=O) groups excluding carboxylic acids is 3. The first-order chi connectivity index (χ1) is 14.0. The Morgan fingerprint density at radius 2 is 2.10 bits per heavy atom. The van der Waals surface area contributed by atoms with Gasteiger partial charge in [-0.1, -0.05) is 6.07 Å². The number of hydrogen-bond donors (Lipinski definition) is 3. The normalized spacial score (nSPS) is 16.1. The second-order valence-corrected chi connectivity index (χ2v) is 7.71. The van der Waals surface area contributed by atoms with Gasteiger partial charge in [-0.15, -0.1) is 11.3 Å². The molecule has 1 aliphatic heterocycles. The maximum atomic E-state index is 12.6. The smallest absolute Gasteiger partial charge is 0.343 e. The number of nitrogens with one attached hydrogen (secondary N) is 3. The number of thiophene rings is 1. The summed E-state index contributed by atoms with van der Waals surface area (Å²) in [5, 5.41) is 10.6. The number of aromatic nitrogens is 1. The van der Waals surface area contributed by atoms with Gasteiger partial charge in [-0.3, -0.25) is 0 Å². The SMILES string of the molecule is CCOC(=O)C1=C(COC(=O)c2c(C)nsc2NC)NC(=O)NC1c1cccs1. The highest BCUT2D eigenvalue weighted by Gasteiger charge is 2.35. The Balaban J connectivity index is 1.90. The molecule has 1 aliphatic rings. The fourth-order valence-corrected chi connectivity index (χ4v) is 4.36. The van der Waals surface area contributed by atoms with E-state index in [0.29, 0.717) is 16.3 Å². The van der Waals surface area contributed by atoms with E-state index in [1.807, 2.05) is 17.5 Å². The molecule has 0 saturated carbocycles. The van der Waals surface area contributed by atoms with Crippen molar-refractivity contribution in [2.75, 3.05) is 25.6 Å². The molecule has 0 aromatic carbocycles. The van der Waals surface area contributed by atoms with Crippen molar-refractivity contribution in [2.45, 2.75) is 19.9 Å². The lowest BCUT2D eigenvalue weighted by Gasteiger charge is -2.28. The van der Waals surface area contributed by atoms with E-state index in [-0.39, 0.29) is 24.5 Å². The molecule has 0 spiro atoms. The highest BCUT2D eigenvalue weighted by molar-refractivity contribution is 7.10. The molecule has 9 nitrogen and oxygen atoms in total. The van der Waals surface area contributed by atoms with Crippen molar-refractivity contribution in [1.29, 1.82) is 0 Å². The summed E-state index contributed by atoms with van der Waals surface area (Å²) in [6, 6.07) is 2.45. The molecule has 1 atom stereocenters. The van der Waals surface area contributed by atoms with Gasteiger partial charge in [-0.25, -0.2) is 14.4 Å². The van der Waals surface area contributed by atoms with Gasteiger partial charge in [0.2, 0.25) is 0 Å². The summed E-state index contributed by atoms with van der Waals surface area (Å²) in [5.41, 5.74) is 1.25. The van der Waals surface area contributed by atoms with Crippen LogP contribution in [0.3, 0.4) is 0 Å². The molecule has 3 heterocycles. The fraction of sp³-hybridized carbons (Fsp3) is 0.333. The van der Waals surface area contributed by atoms with Crippen molar-refractivity contribution in [1.82, 2.24) is 15.0 Å². The van der Waals surface area contributed by atoms with Gasteiger partial charge in [0.05, 0.1) is 29.6 Å². The van der Waals surface area contributed by atoms with Gasteiger partial charge < -0.3 is 25.4 Å². The summed E-state index contributed by atoms with van der Waals surface area (Å²) in [5.74, 6) is -1.19. The number of aryl methyl sites for hydroxylation is 1. The molecule has 29 heavy (non-hydrogen) atoms. The van der Waals surface area contributed by atoms with Gasteiger partial charge in [-0.2, -0.15) is 4.37 Å². The van der Waals surface area contributed by atoms with E-state index >= 15 is 0 Å². The molecule has 0 aliphatic carbocycles. The predicted octanol–water partition coefficient (Wildman–Crippen LogP) is 2.58. The Morgan fingerprint density at radius 3 is 2.76 bits per heavy atom. The zero-order chi connectivity index (χ0) is 21.0. The largest absolute Gasteiger partial charge is 0.463 e. The van der Waals surface area contributed by atoms with Crippen LogP contribution in [0.4, 0.5) is 9.80 Å². The highest BCUT2D eigenvalue weighted by Crippen LogP contribution is 2.31. The average molecular weight is 437 g/mol. The summed E-state index contributed by atoms with van der Waals surface area (Å²) in [6.45, 7) is 3.28. The number of amides is 2. The highest BCUT2D eigenvalue weighted by atomic mass is 32.1. The van der Waals surface area contributed by atoms with Crippen LogP contribution in [0.1, 0.15) is 33.9 Å². The minimum atomic E-state index is -0.686. The summed E-state index contributed by atoms with van der Waals surface area (Å²) < 4.78 is 14.7. The Labute approximate surface area is 175 Å². The Morgan fingerprint density at radius 1 is 1.31 bits per heavy atom. The first-order valence-electron chi connectivity index (χ1n) is 8.78. The standard InChI is InChI=1S/C18H20N4O5S2/c1-4-26-17(24)13-10(20-18(25)21-14(13)11-6-5-7-28-11)8-27-16(23)12-9(2)22-29-15(12)19-3/h5-7,14,19H,4,8H2,1-3H3,(H2,20,21,25). The van der Waals surface area contributed by atoms with Crippen LogP contribution in [0.25, 0.3) is 0 Å². The number of hydrogen-bond acceptors (Lipinski definition) is 9. The van der Waals surface area contributed by atoms with Gasteiger partial charge in [0.15, 0.2) is 0 Å². The van der Waals surface area contributed by atoms with E-state index in [0.717, 1.165) is 16.4 Å². The summed E-state index contributed by atoms with van der Waals surface area (Å²) >= 11 is 2.55. The Bertz CT molecular complexity index is 952. The number of urea groups is 1. The summed E-state index contributed by atoms with van der Waals surface area (Å²) in [6.07, 6.45) is 0. The molecule has 2 aromatic heterocycles. The van der Waals surface area contributed by atoms with Gasteiger partial charge in [0.25, 0.3) is 0 Å². The van der Waals surface area contributed by atoms with Crippen molar-refractivity contribution in [3.05, 3.63) is 44.9 Å². The van der Waals surface area contributed by atoms with Crippen LogP contribution in [-0.2, 0) is 14.3 Å². The molecule has 1 unspecified atom stereocenters. The van der Waals surface area contributed by atoms with Crippen LogP contribution in [0.5, 0.6) is 0 Å². The van der Waals surface area contributed by atoms with Crippen LogP contribution in [-0.4, -0.2) is 42.6 Å². The van der Waals surface area contributed by atoms with Gasteiger partial charge in [0.1, 0.15) is 17.2 Å². The average Bonchev–Trinajstić information content (AvgIpc) is 3.35. The van der Waals surface area contributed by atoms with Crippen molar-refractivity contribution >= 4 is 45.8 Å². The molecule has 154 valence electrons. The quantitative estimate of drug-likeness (QED) is 0.571. The fourth-order valence-electron chi connectivity index (χ4n) is 2.84. The number of esters is 2. The molecule has 0 radical (unpaired) electrons. The Hall–Kier alpha value is -2.92. The molecule has 2 amide bonds. The molecular formula is C18H20N4O5S2. The third-order valence-electron chi connectivity index (χ3n) is 4.12. The third-order valence-corrected chi connectivity index (χ3v) is 6.01. The third kappa shape index (κ3) is 4.40. The topological polar surface area (TPSA) is 119 Å². The van der Waals surface area contributed by atoms with E-state index in [2.05, 4.69) is 20.3 Å². The van der Waals surface area contributed by atoms with Crippen LogP contribution in [0.2, 0.25) is 0 Å². The van der Waals surface area contributed by atoms with Gasteiger partial charge in [0, 0.05) is 11.9 Å². The van der Waals surface area contributed by atoms with Crippen molar-refractivity contribution in [2.24, 2.45) is 0 Å². The zero-order valence-electron chi connectivity index (χ0n) is 16.0. The van der Waals surface area contributed by atoms with E-state index in [1.54, 1.807) is 20.9 Å². The molecule has 0 saturated heterocycles. The van der Waals surface area contributed by atoms with Crippen LogP contribution >= 0.6 is 22.9 Å². The lowest BCUT2D eigenvalue weighted by molar-refractivity contribution is -0.139. The van der Waals surface area contributed by atoms with Crippen LogP contribution < -0.4 is 16.0 Å². The molecule has 0 fully saturated rings. The lowest BCUT2D eigenvalue weighted by Crippen LogP contribution is -2.46. The first kappa shape index (κ1) is 20.8. The lowest BCUT2D eigenvalue weighted by atomic mass is 10.0. The zero-order valence-corrected chi connectivity index (χ0v) is 17.7. The van der Waals surface area contributed by atoms with Crippen LogP contribution in [0.15, 0.2) is 28.8 Å². The number of ether oxygens (including phenoxy) is 2. The summed E-state index contributed by atoms with van der Waals surface area (Å²) in [7, 11) is 1.68. The molecule has 2 aromatic rings. The number of nitrogens with zero attached hydrogens (tertiary/aromatic N) is 1. The first-order valence-corrected chi connectivity index (χ1v) is 10.4. The van der Waals surface area contributed by atoms with Gasteiger partial charge >= 0.3 is 18.0 Å². The minimum absolute atomic E-state index is 0.172.